The van der Waals surface area contributed by atoms with Gasteiger partial charge in [-0.25, -0.2) is 4.98 Å². The SMILES string of the molecule is Cc1ccc2nc(NC(NC(=O)c3ccccc3)C(Cl)(Cl)Cl)sc2c1. The molecule has 1 atom stereocenters. The normalized spacial score (nSPS) is 12.8. The molecule has 0 bridgehead atoms. The van der Waals surface area contributed by atoms with Crippen LogP contribution < -0.4 is 10.6 Å². The minimum Gasteiger partial charge on any atom is -0.338 e. The van der Waals surface area contributed by atoms with Crippen molar-refractivity contribution in [2.75, 3.05) is 5.32 Å². The van der Waals surface area contributed by atoms with Gasteiger partial charge in [0, 0.05) is 5.56 Å². The van der Waals surface area contributed by atoms with E-state index in [1.807, 2.05) is 31.2 Å². The fraction of sp³-hybridized carbons (Fsp3) is 0.176. The maximum absolute atomic E-state index is 12.4. The standard InChI is InChI=1S/C17H14Cl3N3OS/c1-10-7-8-12-13(9-10)25-16(21-12)23-15(17(18,19)20)22-14(24)11-5-3-2-4-6-11/h2-9,15H,1H3,(H,21,23)(H,22,24). The molecule has 8 heteroatoms. The molecular weight excluding hydrogens is 401 g/mol. The third-order valence-electron chi connectivity index (χ3n) is 3.45. The quantitative estimate of drug-likeness (QED) is 0.459. The Bertz CT molecular complexity index is 893. The summed E-state index contributed by atoms with van der Waals surface area (Å²) in [5.41, 5.74) is 2.46. The van der Waals surface area contributed by atoms with Crippen molar-refractivity contribution < 1.29 is 4.79 Å². The van der Waals surface area contributed by atoms with Gasteiger partial charge in [-0.05, 0) is 36.8 Å². The fourth-order valence-electron chi connectivity index (χ4n) is 2.22. The van der Waals surface area contributed by atoms with Gasteiger partial charge in [0.25, 0.3) is 5.91 Å². The van der Waals surface area contributed by atoms with Gasteiger partial charge < -0.3 is 10.6 Å². The van der Waals surface area contributed by atoms with E-state index in [-0.39, 0.29) is 5.91 Å². The van der Waals surface area contributed by atoms with Crippen molar-refractivity contribution in [1.29, 1.82) is 0 Å². The van der Waals surface area contributed by atoms with Crippen LogP contribution in [0.5, 0.6) is 0 Å². The molecule has 0 saturated heterocycles. The van der Waals surface area contributed by atoms with E-state index in [9.17, 15) is 4.79 Å². The van der Waals surface area contributed by atoms with E-state index < -0.39 is 9.96 Å². The summed E-state index contributed by atoms with van der Waals surface area (Å²) >= 11 is 19.5. The van der Waals surface area contributed by atoms with E-state index in [1.165, 1.54) is 11.3 Å². The van der Waals surface area contributed by atoms with E-state index in [1.54, 1.807) is 24.3 Å². The molecule has 0 saturated carbocycles. The lowest BCUT2D eigenvalue weighted by Gasteiger charge is -2.26. The van der Waals surface area contributed by atoms with Gasteiger partial charge in [-0.2, -0.15) is 0 Å². The lowest BCUT2D eigenvalue weighted by Crippen LogP contribution is -2.49. The highest BCUT2D eigenvalue weighted by atomic mass is 35.6. The first-order valence-corrected chi connectivity index (χ1v) is 9.34. The molecule has 0 aliphatic carbocycles. The largest absolute Gasteiger partial charge is 0.338 e. The van der Waals surface area contributed by atoms with Crippen LogP contribution in [0.3, 0.4) is 0 Å². The first-order valence-electron chi connectivity index (χ1n) is 7.39. The van der Waals surface area contributed by atoms with Crippen LogP contribution >= 0.6 is 46.1 Å². The van der Waals surface area contributed by atoms with Gasteiger partial charge in [-0.1, -0.05) is 70.4 Å². The number of fused-ring (bicyclic) bond motifs is 1. The average Bonchev–Trinajstić information content (AvgIpc) is 2.95. The van der Waals surface area contributed by atoms with Crippen LogP contribution in [-0.2, 0) is 0 Å². The minimum atomic E-state index is -1.75. The van der Waals surface area contributed by atoms with Crippen molar-refractivity contribution in [3.8, 4) is 0 Å². The van der Waals surface area contributed by atoms with Crippen LogP contribution in [0.2, 0.25) is 0 Å². The third kappa shape index (κ3) is 4.55. The summed E-state index contributed by atoms with van der Waals surface area (Å²) in [6.45, 7) is 2.01. The summed E-state index contributed by atoms with van der Waals surface area (Å²) in [5.74, 6) is -0.346. The molecule has 0 aliphatic heterocycles. The van der Waals surface area contributed by atoms with Gasteiger partial charge in [-0.15, -0.1) is 0 Å². The zero-order valence-electron chi connectivity index (χ0n) is 13.1. The van der Waals surface area contributed by atoms with Crippen molar-refractivity contribution in [3.63, 3.8) is 0 Å². The first-order chi connectivity index (χ1) is 11.8. The number of nitrogens with zero attached hydrogens (tertiary/aromatic N) is 1. The smallest absolute Gasteiger partial charge is 0.252 e. The highest BCUT2D eigenvalue weighted by Crippen LogP contribution is 2.33. The molecule has 0 aliphatic rings. The van der Waals surface area contributed by atoms with Crippen LogP contribution in [0, 0.1) is 6.92 Å². The van der Waals surface area contributed by atoms with E-state index >= 15 is 0 Å². The number of nitrogens with one attached hydrogen (secondary N) is 2. The van der Waals surface area contributed by atoms with Gasteiger partial charge in [0.15, 0.2) is 5.13 Å². The average molecular weight is 415 g/mol. The minimum absolute atomic E-state index is 0.346. The molecule has 2 aromatic carbocycles. The topological polar surface area (TPSA) is 54.0 Å². The maximum Gasteiger partial charge on any atom is 0.252 e. The molecule has 0 fully saturated rings. The number of carbonyl (C=O) groups excluding carboxylic acids is 1. The molecular formula is C17H14Cl3N3OS. The molecule has 25 heavy (non-hydrogen) atoms. The Balaban J connectivity index is 1.82. The van der Waals surface area contributed by atoms with Gasteiger partial charge >= 0.3 is 0 Å². The predicted molar refractivity (Wildman–Crippen MR) is 106 cm³/mol. The number of aromatic nitrogens is 1. The lowest BCUT2D eigenvalue weighted by atomic mass is 10.2. The van der Waals surface area contributed by atoms with Crippen molar-refractivity contribution in [2.45, 2.75) is 16.9 Å². The molecule has 3 aromatic rings. The predicted octanol–water partition coefficient (Wildman–Crippen LogP) is 5.14. The summed E-state index contributed by atoms with van der Waals surface area (Å²) < 4.78 is -0.738. The number of alkyl halides is 3. The molecule has 0 radical (unpaired) electrons. The Morgan fingerprint density at radius 1 is 1.16 bits per heavy atom. The number of anilines is 1. The molecule has 0 spiro atoms. The number of hydrogen-bond acceptors (Lipinski definition) is 4. The third-order valence-corrected chi connectivity index (χ3v) is 5.05. The van der Waals surface area contributed by atoms with Crippen LogP contribution in [0.1, 0.15) is 15.9 Å². The van der Waals surface area contributed by atoms with Gasteiger partial charge in [-0.3, -0.25) is 4.79 Å². The second-order valence-electron chi connectivity index (χ2n) is 5.45. The first kappa shape index (κ1) is 18.3. The fourth-order valence-corrected chi connectivity index (χ4v) is 3.54. The van der Waals surface area contributed by atoms with E-state index in [4.69, 9.17) is 34.8 Å². The van der Waals surface area contributed by atoms with Gasteiger partial charge in [0.2, 0.25) is 3.79 Å². The van der Waals surface area contributed by atoms with Crippen molar-refractivity contribution in [3.05, 3.63) is 59.7 Å². The molecule has 4 nitrogen and oxygen atoms in total. The second kappa shape index (κ2) is 7.38. The van der Waals surface area contributed by atoms with E-state index in [0.29, 0.717) is 10.7 Å². The summed E-state index contributed by atoms with van der Waals surface area (Å²) in [4.78, 5) is 16.8. The monoisotopic (exact) mass is 413 g/mol. The Hall–Kier alpha value is -1.53. The van der Waals surface area contributed by atoms with Gasteiger partial charge in [0.1, 0.15) is 6.17 Å². The number of halogens is 3. The van der Waals surface area contributed by atoms with Crippen molar-refractivity contribution in [1.82, 2.24) is 10.3 Å². The number of rotatable bonds is 4. The summed E-state index contributed by atoms with van der Waals surface area (Å²) in [6.07, 6.45) is -0.938. The van der Waals surface area contributed by atoms with Crippen LogP contribution in [0.15, 0.2) is 48.5 Å². The molecule has 2 N–H and O–H groups in total. The highest BCUT2D eigenvalue weighted by molar-refractivity contribution is 7.22. The van der Waals surface area contributed by atoms with E-state index in [0.717, 1.165) is 15.8 Å². The van der Waals surface area contributed by atoms with Crippen LogP contribution in [0.4, 0.5) is 5.13 Å². The second-order valence-corrected chi connectivity index (χ2v) is 8.85. The molecule has 130 valence electrons. The van der Waals surface area contributed by atoms with Crippen LogP contribution in [-0.4, -0.2) is 20.8 Å². The Labute approximate surface area is 164 Å². The van der Waals surface area contributed by atoms with Crippen molar-refractivity contribution in [2.24, 2.45) is 0 Å². The number of carbonyl (C=O) groups is 1. The highest BCUT2D eigenvalue weighted by Gasteiger charge is 2.35. The molecule has 1 heterocycles. The zero-order chi connectivity index (χ0) is 18.0. The molecule has 3 rings (SSSR count). The molecule has 1 amide bonds. The Morgan fingerprint density at radius 2 is 1.88 bits per heavy atom. The van der Waals surface area contributed by atoms with E-state index in [2.05, 4.69) is 15.6 Å². The van der Waals surface area contributed by atoms with Crippen LogP contribution in [0.25, 0.3) is 10.2 Å². The Morgan fingerprint density at radius 3 is 2.56 bits per heavy atom. The molecule has 1 unspecified atom stereocenters. The zero-order valence-corrected chi connectivity index (χ0v) is 16.2. The summed E-state index contributed by atoms with van der Waals surface area (Å²) in [5, 5.41) is 6.27. The number of benzene rings is 2. The summed E-state index contributed by atoms with van der Waals surface area (Å²) in [6, 6.07) is 14.7. The lowest BCUT2D eigenvalue weighted by molar-refractivity contribution is 0.0942. The van der Waals surface area contributed by atoms with Gasteiger partial charge in [0.05, 0.1) is 10.2 Å². The number of aryl methyl sites for hydroxylation is 1. The maximum atomic E-state index is 12.4. The number of hydrogen-bond donors (Lipinski definition) is 2. The molecule has 1 aromatic heterocycles. The Kier molecular flexibility index (Phi) is 5.39. The summed E-state index contributed by atoms with van der Waals surface area (Å²) in [7, 11) is 0. The van der Waals surface area contributed by atoms with Crippen molar-refractivity contribution >= 4 is 67.4 Å². The number of amides is 1. The number of thiazole rings is 1.